The van der Waals surface area contributed by atoms with Crippen LogP contribution in [0.15, 0.2) is 11.0 Å². The number of carbonyl (C=O) groups excluding carboxylic acids is 1. The number of carbonyl (C=O) groups is 1. The van der Waals surface area contributed by atoms with Gasteiger partial charge in [-0.15, -0.1) is 11.8 Å². The van der Waals surface area contributed by atoms with Crippen molar-refractivity contribution in [1.29, 1.82) is 0 Å². The first-order valence-electron chi connectivity index (χ1n) is 5.81. The van der Waals surface area contributed by atoms with E-state index >= 15 is 0 Å². The van der Waals surface area contributed by atoms with Crippen LogP contribution >= 0.6 is 11.8 Å². The Morgan fingerprint density at radius 1 is 1.56 bits per heavy atom. The monoisotopic (exact) mass is 244 g/mol. The van der Waals surface area contributed by atoms with Gasteiger partial charge < -0.3 is 9.84 Å². The molecule has 0 bridgehead atoms. The molecule has 0 radical (unpaired) electrons. The van der Waals surface area contributed by atoms with Crippen LogP contribution in [0.25, 0.3) is 0 Å². The predicted molar refractivity (Wildman–Crippen MR) is 66.3 cm³/mol. The Hall–Kier alpha value is -0.480. The molecule has 0 aliphatic heterocycles. The molecule has 92 valence electrons. The summed E-state index contributed by atoms with van der Waals surface area (Å²) < 4.78 is 4.57. The van der Waals surface area contributed by atoms with Gasteiger partial charge in [-0.25, -0.2) is 0 Å². The maximum absolute atomic E-state index is 10.8. The van der Waals surface area contributed by atoms with Crippen LogP contribution in [0, 0.1) is 0 Å². The fraction of sp³-hybridized carbons (Fsp3) is 0.750. The molecule has 0 amide bonds. The predicted octanol–water partition coefficient (Wildman–Crippen LogP) is 2.49. The third kappa shape index (κ3) is 5.03. The van der Waals surface area contributed by atoms with Crippen LogP contribution < -0.4 is 0 Å². The molecule has 16 heavy (non-hydrogen) atoms. The second kappa shape index (κ2) is 7.74. The summed E-state index contributed by atoms with van der Waals surface area (Å²) in [6, 6.07) is 0. The summed E-state index contributed by atoms with van der Waals surface area (Å²) >= 11 is 1.75. The number of aliphatic hydroxyl groups excluding tert-OH is 1. The van der Waals surface area contributed by atoms with Gasteiger partial charge in [0.2, 0.25) is 0 Å². The Morgan fingerprint density at radius 3 is 3.00 bits per heavy atom. The first kappa shape index (κ1) is 13.6. The molecule has 1 unspecified atom stereocenters. The molecule has 3 nitrogen and oxygen atoms in total. The van der Waals surface area contributed by atoms with Crippen LogP contribution in [0.5, 0.6) is 0 Å². The Labute approximate surface area is 101 Å². The van der Waals surface area contributed by atoms with Gasteiger partial charge in [0.15, 0.2) is 0 Å². The Balaban J connectivity index is 1.94. The summed E-state index contributed by atoms with van der Waals surface area (Å²) in [4.78, 5) is 12.0. The van der Waals surface area contributed by atoms with Crippen molar-refractivity contribution in [2.45, 2.75) is 44.6 Å². The van der Waals surface area contributed by atoms with Gasteiger partial charge in [-0.3, -0.25) is 4.79 Å². The molecule has 0 saturated heterocycles. The minimum atomic E-state index is -0.222. The number of hydrogen-bond acceptors (Lipinski definition) is 4. The molecule has 1 rings (SSSR count). The average Bonchev–Trinajstić information content (AvgIpc) is 2.69. The lowest BCUT2D eigenvalue weighted by atomic mass is 10.2. The summed E-state index contributed by atoms with van der Waals surface area (Å²) in [5.74, 6) is 0.908. The molecule has 1 aliphatic rings. The highest BCUT2D eigenvalue weighted by Gasteiger charge is 2.15. The lowest BCUT2D eigenvalue weighted by Gasteiger charge is -2.07. The van der Waals surface area contributed by atoms with Crippen molar-refractivity contribution in [2.75, 3.05) is 12.9 Å². The largest absolute Gasteiger partial charge is 0.469 e. The molecule has 1 N–H and O–H groups in total. The summed E-state index contributed by atoms with van der Waals surface area (Å²) in [6.07, 6.45) is 7.35. The minimum Gasteiger partial charge on any atom is -0.469 e. The lowest BCUT2D eigenvalue weighted by molar-refractivity contribution is -0.140. The number of aliphatic hydroxyl groups is 1. The molecule has 0 heterocycles. The van der Waals surface area contributed by atoms with Gasteiger partial charge in [0.1, 0.15) is 0 Å². The van der Waals surface area contributed by atoms with E-state index in [1.807, 2.05) is 0 Å². The van der Waals surface area contributed by atoms with E-state index in [0.29, 0.717) is 6.42 Å². The zero-order valence-electron chi connectivity index (χ0n) is 9.78. The van der Waals surface area contributed by atoms with Crippen molar-refractivity contribution in [2.24, 2.45) is 0 Å². The molecular weight excluding hydrogens is 224 g/mol. The summed E-state index contributed by atoms with van der Waals surface area (Å²) in [7, 11) is 1.42. The summed E-state index contributed by atoms with van der Waals surface area (Å²) in [5.41, 5.74) is 0. The zero-order chi connectivity index (χ0) is 11.8. The maximum Gasteiger partial charge on any atom is 0.305 e. The standard InChI is InChI=1S/C12H20O3S/c1-15-12(14)8-3-2-4-9-16-11-7-5-6-10(11)13/h7,10,13H,2-6,8-9H2,1H3. The number of hydrogen-bond donors (Lipinski definition) is 1. The van der Waals surface area contributed by atoms with E-state index in [1.165, 1.54) is 7.11 Å². The zero-order valence-corrected chi connectivity index (χ0v) is 10.6. The van der Waals surface area contributed by atoms with Gasteiger partial charge in [0.25, 0.3) is 0 Å². The van der Waals surface area contributed by atoms with Crippen molar-refractivity contribution in [1.82, 2.24) is 0 Å². The molecule has 0 saturated carbocycles. The summed E-state index contributed by atoms with van der Waals surface area (Å²) in [5, 5.41) is 9.55. The van der Waals surface area contributed by atoms with Crippen LogP contribution in [0.2, 0.25) is 0 Å². The summed E-state index contributed by atoms with van der Waals surface area (Å²) in [6.45, 7) is 0. The van der Waals surface area contributed by atoms with Crippen molar-refractivity contribution >= 4 is 17.7 Å². The fourth-order valence-corrected chi connectivity index (χ4v) is 2.79. The number of rotatable bonds is 7. The minimum absolute atomic E-state index is 0.124. The van der Waals surface area contributed by atoms with Crippen molar-refractivity contribution in [3.8, 4) is 0 Å². The van der Waals surface area contributed by atoms with Gasteiger partial charge >= 0.3 is 5.97 Å². The van der Waals surface area contributed by atoms with E-state index < -0.39 is 0 Å². The van der Waals surface area contributed by atoms with Crippen molar-refractivity contribution in [3.05, 3.63) is 11.0 Å². The van der Waals surface area contributed by atoms with Gasteiger partial charge in [-0.2, -0.15) is 0 Å². The third-order valence-corrected chi connectivity index (χ3v) is 3.90. The van der Waals surface area contributed by atoms with Gasteiger partial charge in [0.05, 0.1) is 13.2 Å². The van der Waals surface area contributed by atoms with Crippen LogP contribution in [-0.4, -0.2) is 30.0 Å². The van der Waals surface area contributed by atoms with E-state index in [1.54, 1.807) is 11.8 Å². The Kier molecular flexibility index (Phi) is 6.57. The highest BCUT2D eigenvalue weighted by Crippen LogP contribution is 2.29. The molecule has 0 aromatic rings. The van der Waals surface area contributed by atoms with Crippen LogP contribution in [0.3, 0.4) is 0 Å². The number of unbranched alkanes of at least 4 members (excludes halogenated alkanes) is 2. The topological polar surface area (TPSA) is 46.5 Å². The Morgan fingerprint density at radius 2 is 2.38 bits per heavy atom. The quantitative estimate of drug-likeness (QED) is 0.552. The third-order valence-electron chi connectivity index (χ3n) is 2.64. The smallest absolute Gasteiger partial charge is 0.305 e. The number of thioether (sulfide) groups is 1. The van der Waals surface area contributed by atoms with E-state index in [-0.39, 0.29) is 12.1 Å². The van der Waals surface area contributed by atoms with Crippen LogP contribution in [0.1, 0.15) is 38.5 Å². The molecular formula is C12H20O3S. The number of esters is 1. The van der Waals surface area contributed by atoms with E-state index in [2.05, 4.69) is 10.8 Å². The lowest BCUT2D eigenvalue weighted by Crippen LogP contribution is -2.02. The van der Waals surface area contributed by atoms with Crippen molar-refractivity contribution < 1.29 is 14.6 Å². The normalized spacial score (nSPS) is 19.6. The second-order valence-electron chi connectivity index (χ2n) is 3.93. The molecule has 0 spiro atoms. The first-order chi connectivity index (χ1) is 7.74. The molecule has 0 aromatic carbocycles. The molecule has 1 aliphatic carbocycles. The maximum atomic E-state index is 10.8. The Bertz CT molecular complexity index is 251. The number of methoxy groups -OCH3 is 1. The highest BCUT2D eigenvalue weighted by atomic mass is 32.2. The van der Waals surface area contributed by atoms with Gasteiger partial charge in [0, 0.05) is 11.3 Å². The fourth-order valence-electron chi connectivity index (χ4n) is 1.66. The highest BCUT2D eigenvalue weighted by molar-refractivity contribution is 8.03. The molecule has 0 aromatic heterocycles. The van der Waals surface area contributed by atoms with E-state index in [4.69, 9.17) is 0 Å². The van der Waals surface area contributed by atoms with E-state index in [0.717, 1.165) is 42.8 Å². The van der Waals surface area contributed by atoms with Crippen LogP contribution in [0.4, 0.5) is 0 Å². The SMILES string of the molecule is COC(=O)CCCCCSC1=CCCC1O. The van der Waals surface area contributed by atoms with Crippen molar-refractivity contribution in [3.63, 3.8) is 0 Å². The van der Waals surface area contributed by atoms with E-state index in [9.17, 15) is 9.90 Å². The number of allylic oxidation sites excluding steroid dienone is 1. The molecule has 4 heteroatoms. The second-order valence-corrected chi connectivity index (χ2v) is 5.10. The first-order valence-corrected chi connectivity index (χ1v) is 6.80. The molecule has 0 fully saturated rings. The number of ether oxygens (including phenoxy) is 1. The van der Waals surface area contributed by atoms with Gasteiger partial charge in [-0.1, -0.05) is 12.5 Å². The average molecular weight is 244 g/mol. The van der Waals surface area contributed by atoms with Gasteiger partial charge in [-0.05, 0) is 31.4 Å². The van der Waals surface area contributed by atoms with Crippen LogP contribution in [-0.2, 0) is 9.53 Å². The molecule has 1 atom stereocenters.